The molecule has 1 aliphatic heterocycles. The van der Waals surface area contributed by atoms with Crippen LogP contribution in [0.5, 0.6) is 0 Å². The van der Waals surface area contributed by atoms with Gasteiger partial charge >= 0.3 is 6.18 Å². The quantitative estimate of drug-likeness (QED) is 0.610. The molecule has 0 bridgehead atoms. The zero-order valence-electron chi connectivity index (χ0n) is 14.5. The van der Waals surface area contributed by atoms with E-state index in [1.54, 1.807) is 11.3 Å². The van der Waals surface area contributed by atoms with Gasteiger partial charge < -0.3 is 4.74 Å². The van der Waals surface area contributed by atoms with Crippen molar-refractivity contribution in [2.45, 2.75) is 17.2 Å². The molecule has 2 aromatic carbocycles. The third-order valence-electron chi connectivity index (χ3n) is 4.61. The molecule has 1 aromatic heterocycles. The molecule has 1 unspecified atom stereocenters. The molecule has 0 amide bonds. The lowest BCUT2D eigenvalue weighted by atomic mass is 10.2. The van der Waals surface area contributed by atoms with E-state index in [4.69, 9.17) is 4.74 Å². The summed E-state index contributed by atoms with van der Waals surface area (Å²) in [7, 11) is -3.90. The third-order valence-corrected chi connectivity index (χ3v) is 7.70. The maximum absolute atomic E-state index is 12.9. The summed E-state index contributed by atoms with van der Waals surface area (Å²) in [4.78, 5) is 0.769. The minimum absolute atomic E-state index is 0.121. The number of ether oxygens (including phenoxy) is 1. The largest absolute Gasteiger partial charge is 0.416 e. The van der Waals surface area contributed by atoms with Gasteiger partial charge in [-0.05, 0) is 41.8 Å². The number of alkyl halides is 3. The summed E-state index contributed by atoms with van der Waals surface area (Å²) in [6.45, 7) is 0.500. The summed E-state index contributed by atoms with van der Waals surface area (Å²) in [6.07, 6.45) is -4.91. The first-order valence-corrected chi connectivity index (χ1v) is 10.8. The van der Waals surface area contributed by atoms with Crippen LogP contribution in [0.3, 0.4) is 0 Å². The Morgan fingerprint density at radius 3 is 2.46 bits per heavy atom. The highest BCUT2D eigenvalue weighted by molar-refractivity contribution is 7.89. The maximum atomic E-state index is 12.9. The average molecular weight is 427 g/mol. The van der Waals surface area contributed by atoms with E-state index in [0.717, 1.165) is 39.2 Å². The van der Waals surface area contributed by atoms with Crippen LogP contribution in [0.15, 0.2) is 59.5 Å². The fourth-order valence-electron chi connectivity index (χ4n) is 3.14. The van der Waals surface area contributed by atoms with Crippen LogP contribution in [-0.4, -0.2) is 32.4 Å². The molecule has 1 atom stereocenters. The Morgan fingerprint density at radius 1 is 1.07 bits per heavy atom. The molecule has 28 heavy (non-hydrogen) atoms. The van der Waals surface area contributed by atoms with E-state index in [9.17, 15) is 21.6 Å². The van der Waals surface area contributed by atoms with Gasteiger partial charge in [0.1, 0.15) is 6.10 Å². The smallest absolute Gasteiger partial charge is 0.370 e. The molecule has 1 aliphatic rings. The number of fused-ring (bicyclic) bond motifs is 1. The van der Waals surface area contributed by atoms with E-state index >= 15 is 0 Å². The summed E-state index contributed by atoms with van der Waals surface area (Å²) >= 11 is 1.55. The van der Waals surface area contributed by atoms with Crippen molar-refractivity contribution in [3.8, 4) is 0 Å². The molecule has 0 aliphatic carbocycles. The van der Waals surface area contributed by atoms with Crippen molar-refractivity contribution in [2.24, 2.45) is 0 Å². The Kier molecular flexibility index (Phi) is 4.95. The van der Waals surface area contributed by atoms with Crippen molar-refractivity contribution in [1.29, 1.82) is 0 Å². The second kappa shape index (κ2) is 7.14. The zero-order valence-corrected chi connectivity index (χ0v) is 16.2. The number of benzene rings is 2. The maximum Gasteiger partial charge on any atom is 0.416 e. The first-order valence-electron chi connectivity index (χ1n) is 8.53. The normalized spacial score (nSPS) is 19.2. The van der Waals surface area contributed by atoms with Crippen molar-refractivity contribution < 1.29 is 26.3 Å². The molecule has 3 aromatic rings. The Balaban J connectivity index is 1.58. The minimum Gasteiger partial charge on any atom is -0.370 e. The van der Waals surface area contributed by atoms with Gasteiger partial charge in [0.15, 0.2) is 0 Å². The Labute approximate surface area is 164 Å². The number of nitrogens with zero attached hydrogens (tertiary/aromatic N) is 1. The molecule has 148 valence electrons. The van der Waals surface area contributed by atoms with Crippen molar-refractivity contribution in [3.63, 3.8) is 0 Å². The van der Waals surface area contributed by atoms with Crippen LogP contribution < -0.4 is 0 Å². The lowest BCUT2D eigenvalue weighted by molar-refractivity contribution is -0.137. The molecular formula is C19H16F3NO3S2. The minimum atomic E-state index is -4.51. The summed E-state index contributed by atoms with van der Waals surface area (Å²) in [5.41, 5.74) is -0.878. The van der Waals surface area contributed by atoms with Gasteiger partial charge in [-0.15, -0.1) is 11.3 Å². The lowest BCUT2D eigenvalue weighted by Gasteiger charge is -2.31. The molecule has 0 N–H and O–H groups in total. The summed E-state index contributed by atoms with van der Waals surface area (Å²) in [5, 5.41) is 1.06. The van der Waals surface area contributed by atoms with Gasteiger partial charge in [0.2, 0.25) is 10.0 Å². The third kappa shape index (κ3) is 3.67. The van der Waals surface area contributed by atoms with Crippen LogP contribution in [0, 0.1) is 0 Å². The van der Waals surface area contributed by atoms with Crippen LogP contribution in [0.1, 0.15) is 16.5 Å². The molecule has 0 saturated carbocycles. The van der Waals surface area contributed by atoms with Crippen LogP contribution >= 0.6 is 11.3 Å². The second-order valence-electron chi connectivity index (χ2n) is 6.43. The summed E-state index contributed by atoms with van der Waals surface area (Å²) in [6, 6.07) is 13.4. The molecule has 4 nitrogen and oxygen atoms in total. The SMILES string of the molecule is O=S(=O)(c1ccc(C(F)(F)F)cc1)N1CCOC(c2cc3ccccc3s2)C1. The monoisotopic (exact) mass is 427 g/mol. The van der Waals surface area contributed by atoms with Gasteiger partial charge in [-0.1, -0.05) is 18.2 Å². The number of thiophene rings is 1. The number of halogens is 3. The summed E-state index contributed by atoms with van der Waals surface area (Å²) < 4.78 is 72.1. The predicted molar refractivity (Wildman–Crippen MR) is 101 cm³/mol. The van der Waals surface area contributed by atoms with Crippen LogP contribution in [0.4, 0.5) is 13.2 Å². The number of hydrogen-bond acceptors (Lipinski definition) is 4. The van der Waals surface area contributed by atoms with E-state index in [0.29, 0.717) is 0 Å². The van der Waals surface area contributed by atoms with Gasteiger partial charge in [0, 0.05) is 22.7 Å². The number of rotatable bonds is 3. The number of morpholine rings is 1. The molecule has 0 spiro atoms. The highest BCUT2D eigenvalue weighted by atomic mass is 32.2. The van der Waals surface area contributed by atoms with Crippen LogP contribution in [-0.2, 0) is 20.9 Å². The van der Waals surface area contributed by atoms with Crippen molar-refractivity contribution >= 4 is 31.4 Å². The fourth-order valence-corrected chi connectivity index (χ4v) is 5.67. The Bertz CT molecular complexity index is 1060. The van der Waals surface area contributed by atoms with E-state index in [2.05, 4.69) is 0 Å². The van der Waals surface area contributed by atoms with Crippen molar-refractivity contribution in [2.75, 3.05) is 19.7 Å². The molecule has 4 rings (SSSR count). The van der Waals surface area contributed by atoms with Gasteiger partial charge in [-0.2, -0.15) is 17.5 Å². The zero-order chi connectivity index (χ0) is 19.9. The van der Waals surface area contributed by atoms with Gasteiger partial charge in [0.25, 0.3) is 0 Å². The van der Waals surface area contributed by atoms with Crippen molar-refractivity contribution in [1.82, 2.24) is 4.31 Å². The Morgan fingerprint density at radius 2 is 1.79 bits per heavy atom. The molecule has 2 heterocycles. The second-order valence-corrected chi connectivity index (χ2v) is 9.48. The highest BCUT2D eigenvalue weighted by Crippen LogP contribution is 2.35. The van der Waals surface area contributed by atoms with Gasteiger partial charge in [-0.3, -0.25) is 0 Å². The first kappa shape index (κ1) is 19.4. The Hall–Kier alpha value is -1.94. The lowest BCUT2D eigenvalue weighted by Crippen LogP contribution is -2.42. The number of hydrogen-bond donors (Lipinski definition) is 0. The topological polar surface area (TPSA) is 46.6 Å². The molecule has 1 fully saturated rings. The standard InChI is InChI=1S/C19H16F3NO3S2/c20-19(21,22)14-5-7-15(8-6-14)28(24,25)23-9-10-26-16(12-23)18-11-13-3-1-2-4-17(13)27-18/h1-8,11,16H,9-10,12H2. The van der Waals surface area contributed by atoms with Crippen LogP contribution in [0.2, 0.25) is 0 Å². The molecule has 9 heteroatoms. The van der Waals surface area contributed by atoms with E-state index in [-0.39, 0.29) is 24.6 Å². The van der Waals surface area contributed by atoms with E-state index in [1.165, 1.54) is 4.31 Å². The number of sulfonamides is 1. The van der Waals surface area contributed by atoms with E-state index in [1.807, 2.05) is 30.3 Å². The van der Waals surface area contributed by atoms with E-state index < -0.39 is 27.9 Å². The summed E-state index contributed by atoms with van der Waals surface area (Å²) in [5.74, 6) is 0. The average Bonchev–Trinajstić information content (AvgIpc) is 3.12. The van der Waals surface area contributed by atoms with Gasteiger partial charge in [-0.25, -0.2) is 8.42 Å². The molecular weight excluding hydrogens is 411 g/mol. The predicted octanol–water partition coefficient (Wildman–Crippen LogP) is 4.68. The first-order chi connectivity index (χ1) is 13.2. The van der Waals surface area contributed by atoms with Crippen molar-refractivity contribution in [3.05, 3.63) is 65.0 Å². The molecule has 1 saturated heterocycles. The fraction of sp³-hybridized carbons (Fsp3) is 0.263. The van der Waals surface area contributed by atoms with Crippen LogP contribution in [0.25, 0.3) is 10.1 Å². The van der Waals surface area contributed by atoms with Gasteiger partial charge in [0.05, 0.1) is 17.1 Å². The molecule has 0 radical (unpaired) electrons. The highest BCUT2D eigenvalue weighted by Gasteiger charge is 2.34.